The summed E-state index contributed by atoms with van der Waals surface area (Å²) < 4.78 is 11.9. The summed E-state index contributed by atoms with van der Waals surface area (Å²) in [5.41, 5.74) is 2.28. The molecule has 6 heteroatoms. The molecule has 6 nitrogen and oxygen atoms in total. The highest BCUT2D eigenvalue weighted by Crippen LogP contribution is 2.26. The van der Waals surface area contributed by atoms with Crippen LogP contribution in [0.3, 0.4) is 0 Å². The van der Waals surface area contributed by atoms with E-state index >= 15 is 0 Å². The average Bonchev–Trinajstić information content (AvgIpc) is 2.96. The minimum atomic E-state index is -1.25. The van der Waals surface area contributed by atoms with Crippen LogP contribution in [-0.2, 0) is 19.1 Å². The molecule has 0 spiro atoms. The molecule has 0 aliphatic carbocycles. The molecule has 0 unspecified atom stereocenters. The van der Waals surface area contributed by atoms with Crippen molar-refractivity contribution < 1.29 is 19.1 Å². The summed E-state index contributed by atoms with van der Waals surface area (Å²) in [6, 6.07) is 7.46. The zero-order valence-corrected chi connectivity index (χ0v) is 13.1. The fourth-order valence-corrected chi connectivity index (χ4v) is 2.34. The molecular formula is C17H16N2O4. The molecule has 118 valence electrons. The Hall–Kier alpha value is -2.89. The lowest BCUT2D eigenvalue weighted by molar-refractivity contribution is -0.222. The number of rotatable bonds is 2. The van der Waals surface area contributed by atoms with E-state index in [-0.39, 0.29) is 5.57 Å². The van der Waals surface area contributed by atoms with Crippen LogP contribution in [0.4, 0.5) is 0 Å². The van der Waals surface area contributed by atoms with Gasteiger partial charge in [-0.1, -0.05) is 11.6 Å². The number of hydrogen-bond donors (Lipinski definition) is 0. The Morgan fingerprint density at radius 2 is 1.87 bits per heavy atom. The number of aromatic nitrogens is 2. The van der Waals surface area contributed by atoms with E-state index in [0.29, 0.717) is 5.56 Å². The maximum Gasteiger partial charge on any atom is 0.348 e. The first-order valence-corrected chi connectivity index (χ1v) is 7.15. The summed E-state index contributed by atoms with van der Waals surface area (Å²) in [5, 5.41) is 4.19. The Balaban J connectivity index is 2.07. The summed E-state index contributed by atoms with van der Waals surface area (Å²) in [5.74, 6) is -2.64. The molecule has 0 N–H and O–H groups in total. The van der Waals surface area contributed by atoms with Gasteiger partial charge in [0.15, 0.2) is 0 Å². The van der Waals surface area contributed by atoms with Gasteiger partial charge in [0.05, 0.1) is 5.69 Å². The largest absolute Gasteiger partial charge is 0.419 e. The Morgan fingerprint density at radius 3 is 2.48 bits per heavy atom. The maximum absolute atomic E-state index is 12.1. The SMILES string of the molecule is Cc1ccc(-n2cccn2)c(C=C2C(=O)OC(C)(C)OC2=O)c1. The Morgan fingerprint density at radius 1 is 1.17 bits per heavy atom. The number of cyclic esters (lactones) is 2. The van der Waals surface area contributed by atoms with Gasteiger partial charge in [0.2, 0.25) is 0 Å². The minimum absolute atomic E-state index is 0.136. The van der Waals surface area contributed by atoms with Crippen LogP contribution >= 0.6 is 0 Å². The zero-order valence-electron chi connectivity index (χ0n) is 13.1. The molecule has 0 radical (unpaired) electrons. The first-order valence-electron chi connectivity index (χ1n) is 7.15. The fourth-order valence-electron chi connectivity index (χ4n) is 2.34. The van der Waals surface area contributed by atoms with Crippen LogP contribution in [-0.4, -0.2) is 27.5 Å². The predicted octanol–water partition coefficient (Wildman–Crippen LogP) is 2.40. The van der Waals surface area contributed by atoms with Gasteiger partial charge in [-0.25, -0.2) is 14.3 Å². The maximum atomic E-state index is 12.1. The van der Waals surface area contributed by atoms with Crippen molar-refractivity contribution in [1.82, 2.24) is 9.78 Å². The second-order valence-corrected chi connectivity index (χ2v) is 5.75. The number of esters is 2. The molecule has 0 amide bonds. The number of nitrogens with zero attached hydrogens (tertiary/aromatic N) is 2. The molecule has 1 aliphatic rings. The van der Waals surface area contributed by atoms with Gasteiger partial charge >= 0.3 is 11.9 Å². The molecule has 2 aromatic rings. The van der Waals surface area contributed by atoms with Crippen LogP contribution in [0.1, 0.15) is 25.0 Å². The lowest BCUT2D eigenvalue weighted by Gasteiger charge is -2.29. The summed E-state index contributed by atoms with van der Waals surface area (Å²) in [6.07, 6.45) is 4.92. The Labute approximate surface area is 133 Å². The molecule has 0 bridgehead atoms. The Kier molecular flexibility index (Phi) is 3.52. The highest BCUT2D eigenvalue weighted by molar-refractivity contribution is 6.19. The summed E-state index contributed by atoms with van der Waals surface area (Å²) in [7, 11) is 0. The molecule has 23 heavy (non-hydrogen) atoms. The van der Waals surface area contributed by atoms with Crippen molar-refractivity contribution in [2.24, 2.45) is 0 Å². The van der Waals surface area contributed by atoms with Gasteiger partial charge in [0.1, 0.15) is 5.57 Å². The fraction of sp³-hybridized carbons (Fsp3) is 0.235. The molecule has 1 aromatic carbocycles. The smallest absolute Gasteiger partial charge is 0.348 e. The summed E-state index contributed by atoms with van der Waals surface area (Å²) in [6.45, 7) is 4.96. The van der Waals surface area contributed by atoms with Gasteiger partial charge < -0.3 is 9.47 Å². The van der Waals surface area contributed by atoms with E-state index in [0.717, 1.165) is 11.3 Å². The third-order valence-electron chi connectivity index (χ3n) is 3.35. The number of aryl methyl sites for hydroxylation is 1. The molecule has 3 rings (SSSR count). The summed E-state index contributed by atoms with van der Waals surface area (Å²) >= 11 is 0. The molecule has 1 saturated heterocycles. The second kappa shape index (κ2) is 5.39. The van der Waals surface area contributed by atoms with Crippen molar-refractivity contribution in [3.63, 3.8) is 0 Å². The predicted molar refractivity (Wildman–Crippen MR) is 82.5 cm³/mol. The van der Waals surface area contributed by atoms with E-state index in [4.69, 9.17) is 9.47 Å². The zero-order chi connectivity index (χ0) is 16.6. The van der Waals surface area contributed by atoms with Gasteiger partial charge in [-0.05, 0) is 31.2 Å². The van der Waals surface area contributed by atoms with Crippen molar-refractivity contribution in [1.29, 1.82) is 0 Å². The molecule has 0 atom stereocenters. The van der Waals surface area contributed by atoms with E-state index in [1.54, 1.807) is 23.1 Å². The number of carbonyl (C=O) groups is 2. The monoisotopic (exact) mass is 312 g/mol. The lowest BCUT2D eigenvalue weighted by atomic mass is 10.1. The number of ether oxygens (including phenoxy) is 2. The highest BCUT2D eigenvalue weighted by Gasteiger charge is 2.38. The van der Waals surface area contributed by atoms with Crippen LogP contribution in [0.5, 0.6) is 0 Å². The number of hydrogen-bond acceptors (Lipinski definition) is 5. The van der Waals surface area contributed by atoms with Crippen molar-refractivity contribution in [3.8, 4) is 5.69 Å². The van der Waals surface area contributed by atoms with Crippen LogP contribution in [0, 0.1) is 6.92 Å². The van der Waals surface area contributed by atoms with Crippen molar-refractivity contribution in [3.05, 3.63) is 53.4 Å². The molecule has 2 heterocycles. The average molecular weight is 312 g/mol. The van der Waals surface area contributed by atoms with Crippen LogP contribution in [0.2, 0.25) is 0 Å². The van der Waals surface area contributed by atoms with Crippen LogP contribution in [0.25, 0.3) is 11.8 Å². The third-order valence-corrected chi connectivity index (χ3v) is 3.35. The first kappa shape index (κ1) is 15.0. The normalized spacial score (nSPS) is 16.7. The van der Waals surface area contributed by atoms with Crippen molar-refractivity contribution >= 4 is 18.0 Å². The minimum Gasteiger partial charge on any atom is -0.419 e. The topological polar surface area (TPSA) is 70.4 Å². The van der Waals surface area contributed by atoms with E-state index in [2.05, 4.69) is 5.10 Å². The molecule has 0 saturated carbocycles. The standard InChI is InChI=1S/C17H16N2O4/c1-11-5-6-14(19-8-4-7-18-19)12(9-11)10-13-15(20)22-17(2,3)23-16(13)21/h4-10H,1-3H3. The van der Waals surface area contributed by atoms with Crippen LogP contribution in [0.15, 0.2) is 42.2 Å². The van der Waals surface area contributed by atoms with Gasteiger partial charge in [0, 0.05) is 31.8 Å². The Bertz CT molecular complexity index is 782. The van der Waals surface area contributed by atoms with Gasteiger partial charge in [-0.15, -0.1) is 0 Å². The third kappa shape index (κ3) is 3.01. The van der Waals surface area contributed by atoms with Gasteiger partial charge in [-0.3, -0.25) is 0 Å². The van der Waals surface area contributed by atoms with Gasteiger partial charge in [-0.2, -0.15) is 5.10 Å². The van der Waals surface area contributed by atoms with E-state index < -0.39 is 17.7 Å². The first-order chi connectivity index (χ1) is 10.9. The molecule has 1 aliphatic heterocycles. The highest BCUT2D eigenvalue weighted by atomic mass is 16.7. The number of carbonyl (C=O) groups excluding carboxylic acids is 2. The number of benzene rings is 1. The van der Waals surface area contributed by atoms with Gasteiger partial charge in [0.25, 0.3) is 5.79 Å². The quantitative estimate of drug-likeness (QED) is 0.484. The lowest BCUT2D eigenvalue weighted by Crippen LogP contribution is -2.41. The van der Waals surface area contributed by atoms with Crippen molar-refractivity contribution in [2.45, 2.75) is 26.6 Å². The van der Waals surface area contributed by atoms with E-state index in [1.165, 1.54) is 19.9 Å². The summed E-state index contributed by atoms with van der Waals surface area (Å²) in [4.78, 5) is 24.2. The van der Waals surface area contributed by atoms with Crippen molar-refractivity contribution in [2.75, 3.05) is 0 Å². The second-order valence-electron chi connectivity index (χ2n) is 5.75. The molecular weight excluding hydrogens is 296 g/mol. The van der Waals surface area contributed by atoms with E-state index in [9.17, 15) is 9.59 Å². The molecule has 1 fully saturated rings. The van der Waals surface area contributed by atoms with E-state index in [1.807, 2.05) is 25.1 Å². The van der Waals surface area contributed by atoms with Crippen LogP contribution < -0.4 is 0 Å². The molecule has 1 aromatic heterocycles.